The van der Waals surface area contributed by atoms with Crippen molar-refractivity contribution in [3.8, 4) is 6.07 Å². The molecule has 0 aliphatic carbocycles. The monoisotopic (exact) mass is 498 g/mol. The normalized spacial score (nSPS) is 16.3. The van der Waals surface area contributed by atoms with Crippen molar-refractivity contribution in [2.45, 2.75) is 25.9 Å². The molecule has 4 rings (SSSR count). The maximum atomic E-state index is 13.6. The number of amides is 1. The molecule has 2 atom stereocenters. The van der Waals surface area contributed by atoms with Gasteiger partial charge in [-0.1, -0.05) is 29.8 Å². The third-order valence-corrected chi connectivity index (χ3v) is 6.27. The van der Waals surface area contributed by atoms with Crippen LogP contribution in [0, 0.1) is 18.3 Å². The molecular weight excluding hydrogens is 480 g/mol. The Labute approximate surface area is 194 Å². The molecular formula is C23H20BrClN4O2. The van der Waals surface area contributed by atoms with Crippen LogP contribution in [0.25, 0.3) is 0 Å². The number of halogens is 2. The zero-order chi connectivity index (χ0) is 22.3. The molecule has 1 aliphatic heterocycles. The molecule has 1 aliphatic rings. The molecule has 1 aromatic heterocycles. The van der Waals surface area contributed by atoms with Gasteiger partial charge in [0.15, 0.2) is 10.4 Å². The zero-order valence-electron chi connectivity index (χ0n) is 17.3. The van der Waals surface area contributed by atoms with Gasteiger partial charge < -0.3 is 9.30 Å². The predicted octanol–water partition coefficient (Wildman–Crippen LogP) is 5.44. The number of rotatable bonds is 5. The summed E-state index contributed by atoms with van der Waals surface area (Å²) in [6.07, 6.45) is 0. The number of aryl methyl sites for hydroxylation is 1. The number of nitrogens with zero attached hydrogens (tertiary/aromatic N) is 4. The Bertz CT molecular complexity index is 1200. The van der Waals surface area contributed by atoms with E-state index in [-0.39, 0.29) is 11.9 Å². The van der Waals surface area contributed by atoms with E-state index < -0.39 is 6.04 Å². The van der Waals surface area contributed by atoms with Crippen LogP contribution in [0.1, 0.15) is 51.9 Å². The lowest BCUT2D eigenvalue weighted by Crippen LogP contribution is -2.31. The van der Waals surface area contributed by atoms with E-state index in [1.807, 2.05) is 36.6 Å². The Kier molecular flexibility index (Phi) is 5.89. The number of nitriles is 1. The molecule has 3 aromatic rings. The Morgan fingerprint density at radius 1 is 1.29 bits per heavy atom. The van der Waals surface area contributed by atoms with Crippen molar-refractivity contribution in [1.82, 2.24) is 9.55 Å². The van der Waals surface area contributed by atoms with Gasteiger partial charge in [-0.2, -0.15) is 5.26 Å². The summed E-state index contributed by atoms with van der Waals surface area (Å²) in [5.41, 5.74) is 4.27. The summed E-state index contributed by atoms with van der Waals surface area (Å²) in [6, 6.07) is 14.4. The highest BCUT2D eigenvalue weighted by Crippen LogP contribution is 2.45. The summed E-state index contributed by atoms with van der Waals surface area (Å²) in [5, 5.41) is 9.76. The molecule has 0 N–H and O–H groups in total. The standard InChI is InChI=1S/C23H20BrClN4O2/c1-13-4-9-17(25)10-18(13)29-20(16-7-5-15(11-26)6-8-16)21-19(22(29)30)27-23(24)28(21)14(2)12-31-3/h4-10,14,20H,12H2,1-3H3/t14-,20?/m1/s1. The molecule has 0 saturated heterocycles. The molecule has 158 valence electrons. The fraction of sp³-hybridized carbons (Fsp3) is 0.261. The van der Waals surface area contributed by atoms with Gasteiger partial charge in [0.25, 0.3) is 5.91 Å². The van der Waals surface area contributed by atoms with Crippen LogP contribution in [0.15, 0.2) is 47.2 Å². The third-order valence-electron chi connectivity index (χ3n) is 5.48. The first-order chi connectivity index (χ1) is 14.9. The molecule has 2 aromatic carbocycles. The number of ether oxygens (including phenoxy) is 1. The highest BCUT2D eigenvalue weighted by Gasteiger charge is 2.45. The summed E-state index contributed by atoms with van der Waals surface area (Å²) >= 11 is 9.82. The van der Waals surface area contributed by atoms with Crippen molar-refractivity contribution in [2.24, 2.45) is 0 Å². The maximum absolute atomic E-state index is 13.6. The summed E-state index contributed by atoms with van der Waals surface area (Å²) in [4.78, 5) is 19.9. The lowest BCUT2D eigenvalue weighted by atomic mass is 10.0. The van der Waals surface area contributed by atoms with Crippen LogP contribution in [0.2, 0.25) is 5.02 Å². The quantitative estimate of drug-likeness (QED) is 0.469. The number of fused-ring (bicyclic) bond motifs is 1. The number of hydrogen-bond acceptors (Lipinski definition) is 4. The molecule has 0 spiro atoms. The van der Waals surface area contributed by atoms with Gasteiger partial charge >= 0.3 is 0 Å². The van der Waals surface area contributed by atoms with Gasteiger partial charge in [0.1, 0.15) is 6.04 Å². The third kappa shape index (κ3) is 3.65. The van der Waals surface area contributed by atoms with Crippen LogP contribution in [-0.4, -0.2) is 29.2 Å². The zero-order valence-corrected chi connectivity index (χ0v) is 19.6. The summed E-state index contributed by atoms with van der Waals surface area (Å²) in [6.45, 7) is 4.43. The van der Waals surface area contributed by atoms with E-state index in [9.17, 15) is 10.1 Å². The highest BCUT2D eigenvalue weighted by atomic mass is 79.9. The maximum Gasteiger partial charge on any atom is 0.279 e. The topological polar surface area (TPSA) is 71.2 Å². The SMILES string of the molecule is COC[C@@H](C)n1c(Br)nc2c1C(c1ccc(C#N)cc1)N(c1cc(Cl)ccc1C)C2=O. The second kappa shape index (κ2) is 8.46. The minimum atomic E-state index is -0.425. The Hall–Kier alpha value is -2.66. The summed E-state index contributed by atoms with van der Waals surface area (Å²) in [5.74, 6) is -0.196. The van der Waals surface area contributed by atoms with Gasteiger partial charge in [0, 0.05) is 17.8 Å². The fourth-order valence-electron chi connectivity index (χ4n) is 4.06. The van der Waals surface area contributed by atoms with Crippen molar-refractivity contribution < 1.29 is 9.53 Å². The van der Waals surface area contributed by atoms with E-state index >= 15 is 0 Å². The molecule has 1 unspecified atom stereocenters. The number of benzene rings is 2. The Balaban J connectivity index is 1.96. The summed E-state index contributed by atoms with van der Waals surface area (Å²) in [7, 11) is 1.65. The average molecular weight is 500 g/mol. The van der Waals surface area contributed by atoms with Crippen LogP contribution >= 0.6 is 27.5 Å². The van der Waals surface area contributed by atoms with Crippen molar-refractivity contribution in [3.05, 3.63) is 80.3 Å². The largest absolute Gasteiger partial charge is 0.383 e. The first-order valence-electron chi connectivity index (χ1n) is 9.73. The number of imidazole rings is 1. The second-order valence-corrected chi connectivity index (χ2v) is 8.68. The highest BCUT2D eigenvalue weighted by molar-refractivity contribution is 9.10. The van der Waals surface area contributed by atoms with Crippen LogP contribution in [0.4, 0.5) is 5.69 Å². The Morgan fingerprint density at radius 2 is 2.00 bits per heavy atom. The fourth-order valence-corrected chi connectivity index (χ4v) is 4.95. The van der Waals surface area contributed by atoms with E-state index in [1.54, 1.807) is 36.3 Å². The minimum absolute atomic E-state index is 0.0512. The van der Waals surface area contributed by atoms with Crippen molar-refractivity contribution in [1.29, 1.82) is 5.26 Å². The van der Waals surface area contributed by atoms with Crippen molar-refractivity contribution in [2.75, 3.05) is 18.6 Å². The first-order valence-corrected chi connectivity index (χ1v) is 10.9. The number of methoxy groups -OCH3 is 1. The van der Waals surface area contributed by atoms with E-state index in [0.717, 1.165) is 22.5 Å². The van der Waals surface area contributed by atoms with Gasteiger partial charge in [-0.15, -0.1) is 0 Å². The van der Waals surface area contributed by atoms with Gasteiger partial charge in [-0.05, 0) is 65.2 Å². The van der Waals surface area contributed by atoms with Gasteiger partial charge in [0.05, 0.1) is 30.0 Å². The lowest BCUT2D eigenvalue weighted by Gasteiger charge is -2.29. The number of carbonyl (C=O) groups excluding carboxylic acids is 1. The number of hydrogen-bond donors (Lipinski definition) is 0. The smallest absolute Gasteiger partial charge is 0.279 e. The predicted molar refractivity (Wildman–Crippen MR) is 123 cm³/mol. The summed E-state index contributed by atoms with van der Waals surface area (Å²) < 4.78 is 7.94. The van der Waals surface area contributed by atoms with Crippen LogP contribution < -0.4 is 4.90 Å². The molecule has 8 heteroatoms. The average Bonchev–Trinajstić information content (AvgIpc) is 3.23. The number of anilines is 1. The minimum Gasteiger partial charge on any atom is -0.383 e. The van der Waals surface area contributed by atoms with Crippen molar-refractivity contribution >= 4 is 39.1 Å². The lowest BCUT2D eigenvalue weighted by molar-refractivity contribution is 0.0989. The molecule has 2 heterocycles. The molecule has 0 radical (unpaired) electrons. The van der Waals surface area contributed by atoms with E-state index in [0.29, 0.717) is 27.6 Å². The number of aromatic nitrogens is 2. The molecule has 1 amide bonds. The van der Waals surface area contributed by atoms with E-state index in [1.165, 1.54) is 0 Å². The molecule has 0 bridgehead atoms. The Morgan fingerprint density at radius 3 is 2.65 bits per heavy atom. The van der Waals surface area contributed by atoms with Gasteiger partial charge in [-0.25, -0.2) is 4.98 Å². The molecule has 0 fully saturated rings. The van der Waals surface area contributed by atoms with Crippen LogP contribution in [-0.2, 0) is 4.74 Å². The second-order valence-electron chi connectivity index (χ2n) is 7.53. The molecule has 0 saturated carbocycles. The molecule has 6 nitrogen and oxygen atoms in total. The number of carbonyl (C=O) groups is 1. The van der Waals surface area contributed by atoms with Crippen LogP contribution in [0.3, 0.4) is 0 Å². The van der Waals surface area contributed by atoms with E-state index in [2.05, 4.69) is 27.0 Å². The van der Waals surface area contributed by atoms with Crippen LogP contribution in [0.5, 0.6) is 0 Å². The first kappa shape index (κ1) is 21.6. The molecule has 31 heavy (non-hydrogen) atoms. The van der Waals surface area contributed by atoms with E-state index in [4.69, 9.17) is 16.3 Å². The van der Waals surface area contributed by atoms with Gasteiger partial charge in [0.2, 0.25) is 0 Å². The van der Waals surface area contributed by atoms with Crippen molar-refractivity contribution in [3.63, 3.8) is 0 Å². The van der Waals surface area contributed by atoms with Gasteiger partial charge in [-0.3, -0.25) is 9.69 Å².